The lowest BCUT2D eigenvalue weighted by Crippen LogP contribution is -2.48. The number of piperidine rings is 1. The van der Waals surface area contributed by atoms with Crippen molar-refractivity contribution in [2.45, 2.75) is 44.1 Å². The molecule has 3 atom stereocenters. The van der Waals surface area contributed by atoms with Crippen LogP contribution in [0.5, 0.6) is 0 Å². The van der Waals surface area contributed by atoms with E-state index >= 15 is 0 Å². The molecular formula is C30H31N3O4S3. The lowest BCUT2D eigenvalue weighted by Gasteiger charge is -2.43. The van der Waals surface area contributed by atoms with E-state index in [-0.39, 0.29) is 23.1 Å². The standard InChI is InChI=1S/C30H31N3O4S3/c1-37-29(36)27-22-11-10-20(19-6-3-2-4-7-19)13-24(22)40-28(27)31-25(34)17-39-30(38)32-14-18-12-21(16-32)23-8-5-9-26(35)33(23)15-18/h2-9,18,20-21H,10-17H2,1H3,(H,31,34)/t18-,20-,21+/m1/s1. The number of fused-ring (bicyclic) bond motifs is 5. The topological polar surface area (TPSA) is 80.6 Å². The van der Waals surface area contributed by atoms with E-state index in [1.165, 1.54) is 35.8 Å². The number of benzene rings is 1. The number of likely N-dealkylation sites (tertiary alicyclic amines) is 1. The number of thiophene rings is 1. The van der Waals surface area contributed by atoms with Gasteiger partial charge in [-0.3, -0.25) is 9.59 Å². The molecule has 1 aliphatic carbocycles. The number of amides is 1. The molecule has 1 amide bonds. The van der Waals surface area contributed by atoms with Crippen molar-refractivity contribution < 1.29 is 14.3 Å². The van der Waals surface area contributed by atoms with Crippen LogP contribution in [0, 0.1) is 5.92 Å². The molecule has 2 bridgehead atoms. The Morgan fingerprint density at radius 3 is 2.73 bits per heavy atom. The maximum atomic E-state index is 13.1. The predicted molar refractivity (Wildman–Crippen MR) is 164 cm³/mol. The fourth-order valence-electron chi connectivity index (χ4n) is 6.43. The van der Waals surface area contributed by atoms with Crippen LogP contribution in [-0.4, -0.2) is 51.6 Å². The lowest BCUT2D eigenvalue weighted by molar-refractivity contribution is -0.113. The van der Waals surface area contributed by atoms with Crippen LogP contribution in [0.2, 0.25) is 0 Å². The molecule has 0 radical (unpaired) electrons. The number of carbonyl (C=O) groups excluding carboxylic acids is 2. The summed E-state index contributed by atoms with van der Waals surface area (Å²) in [6, 6.07) is 15.9. The van der Waals surface area contributed by atoms with Gasteiger partial charge in [-0.25, -0.2) is 4.79 Å². The van der Waals surface area contributed by atoms with Gasteiger partial charge in [0.1, 0.15) is 9.32 Å². The van der Waals surface area contributed by atoms with Crippen LogP contribution in [0.25, 0.3) is 0 Å². The number of nitrogens with zero attached hydrogens (tertiary/aromatic N) is 2. The molecule has 0 spiro atoms. The Bertz CT molecular complexity index is 1520. The second-order valence-electron chi connectivity index (χ2n) is 10.8. The molecule has 0 unspecified atom stereocenters. The number of ether oxygens (including phenoxy) is 1. The Kier molecular flexibility index (Phi) is 7.83. The molecule has 1 N–H and O–H groups in total. The molecule has 1 aromatic carbocycles. The first kappa shape index (κ1) is 27.2. The number of carbonyl (C=O) groups is 2. The summed E-state index contributed by atoms with van der Waals surface area (Å²) in [6.07, 6.45) is 3.62. The van der Waals surface area contributed by atoms with Crippen molar-refractivity contribution >= 4 is 56.5 Å². The molecule has 3 aliphatic rings. The van der Waals surface area contributed by atoms with Gasteiger partial charge in [-0.1, -0.05) is 60.4 Å². The van der Waals surface area contributed by atoms with Crippen LogP contribution in [0.15, 0.2) is 53.3 Å². The molecule has 4 heterocycles. The number of aromatic nitrogens is 1. The minimum atomic E-state index is -0.409. The highest BCUT2D eigenvalue weighted by Gasteiger charge is 2.36. The number of nitrogens with one attached hydrogen (secondary N) is 1. The minimum absolute atomic E-state index is 0.0615. The fourth-order valence-corrected chi connectivity index (χ4v) is 8.74. The van der Waals surface area contributed by atoms with E-state index < -0.39 is 5.97 Å². The third-order valence-electron chi connectivity index (χ3n) is 8.24. The number of hydrogen-bond donors (Lipinski definition) is 1. The van der Waals surface area contributed by atoms with Crippen molar-refractivity contribution in [3.63, 3.8) is 0 Å². The number of anilines is 1. The smallest absolute Gasteiger partial charge is 0.341 e. The molecule has 2 aromatic heterocycles. The predicted octanol–water partition coefficient (Wildman–Crippen LogP) is 5.04. The van der Waals surface area contributed by atoms with E-state index in [0.717, 1.165) is 54.9 Å². The highest BCUT2D eigenvalue weighted by molar-refractivity contribution is 8.23. The van der Waals surface area contributed by atoms with Crippen molar-refractivity contribution in [1.29, 1.82) is 0 Å². The number of pyridine rings is 1. The SMILES string of the molecule is COC(=O)c1c(NC(=O)CSC(=S)N2C[C@H]3C[C@@H](C2)c2cccc(=O)n2C3)sc2c1CC[C@@H](c1ccccc1)C2. The maximum absolute atomic E-state index is 13.1. The van der Waals surface area contributed by atoms with Crippen LogP contribution in [0.4, 0.5) is 5.00 Å². The Morgan fingerprint density at radius 2 is 1.93 bits per heavy atom. The molecule has 2 aliphatic heterocycles. The van der Waals surface area contributed by atoms with Crippen molar-refractivity contribution in [3.8, 4) is 0 Å². The summed E-state index contributed by atoms with van der Waals surface area (Å²) in [4.78, 5) is 41.5. The number of rotatable bonds is 5. The first-order valence-corrected chi connectivity index (χ1v) is 15.8. The van der Waals surface area contributed by atoms with Gasteiger partial charge < -0.3 is 19.5 Å². The van der Waals surface area contributed by atoms with Crippen LogP contribution in [-0.2, 0) is 28.9 Å². The number of esters is 1. The zero-order chi connectivity index (χ0) is 27.8. The number of hydrogen-bond acceptors (Lipinski definition) is 7. The van der Waals surface area contributed by atoms with Gasteiger partial charge in [0.2, 0.25) is 5.91 Å². The number of methoxy groups -OCH3 is 1. The van der Waals surface area contributed by atoms with E-state index in [2.05, 4.69) is 34.5 Å². The Labute approximate surface area is 246 Å². The molecule has 10 heteroatoms. The molecule has 7 nitrogen and oxygen atoms in total. The zero-order valence-corrected chi connectivity index (χ0v) is 24.7. The fraction of sp³-hybridized carbons (Fsp3) is 0.400. The summed E-state index contributed by atoms with van der Waals surface area (Å²) in [7, 11) is 1.38. The normalized spacial score (nSPS) is 21.2. The van der Waals surface area contributed by atoms with Crippen LogP contribution in [0.3, 0.4) is 0 Å². The molecule has 3 aromatic rings. The van der Waals surface area contributed by atoms with Crippen LogP contribution < -0.4 is 10.9 Å². The van der Waals surface area contributed by atoms with E-state index in [0.29, 0.717) is 33.3 Å². The largest absolute Gasteiger partial charge is 0.465 e. The van der Waals surface area contributed by atoms with Crippen molar-refractivity contribution in [3.05, 3.63) is 86.1 Å². The van der Waals surface area contributed by atoms with Gasteiger partial charge in [0.25, 0.3) is 5.56 Å². The van der Waals surface area contributed by atoms with Crippen molar-refractivity contribution in [2.24, 2.45) is 5.92 Å². The van der Waals surface area contributed by atoms with Gasteiger partial charge in [-0.05, 0) is 54.7 Å². The monoisotopic (exact) mass is 593 g/mol. The van der Waals surface area contributed by atoms with E-state index in [1.54, 1.807) is 6.07 Å². The first-order valence-electron chi connectivity index (χ1n) is 13.6. The van der Waals surface area contributed by atoms with Crippen LogP contribution >= 0.6 is 35.3 Å². The summed E-state index contributed by atoms with van der Waals surface area (Å²) < 4.78 is 7.70. The molecule has 0 saturated carbocycles. The summed E-state index contributed by atoms with van der Waals surface area (Å²) in [6.45, 7) is 2.25. The van der Waals surface area contributed by atoms with Gasteiger partial charge in [-0.15, -0.1) is 11.3 Å². The quantitative estimate of drug-likeness (QED) is 0.328. The molecule has 6 rings (SSSR count). The summed E-state index contributed by atoms with van der Waals surface area (Å²) >= 11 is 8.58. The van der Waals surface area contributed by atoms with Gasteiger partial charge in [0, 0.05) is 42.2 Å². The molecule has 40 heavy (non-hydrogen) atoms. The molecule has 1 fully saturated rings. The Hall–Kier alpha value is -2.95. The third kappa shape index (κ3) is 5.36. The average molecular weight is 594 g/mol. The van der Waals surface area contributed by atoms with Gasteiger partial charge in [0.15, 0.2) is 0 Å². The Balaban J connectivity index is 1.11. The molecule has 1 saturated heterocycles. The highest BCUT2D eigenvalue weighted by atomic mass is 32.2. The van der Waals surface area contributed by atoms with Gasteiger partial charge in [-0.2, -0.15) is 0 Å². The average Bonchev–Trinajstić information content (AvgIpc) is 3.33. The first-order chi connectivity index (χ1) is 19.4. The molecule has 208 valence electrons. The molecular weight excluding hydrogens is 563 g/mol. The summed E-state index contributed by atoms with van der Waals surface area (Å²) in [5.41, 5.74) is 3.93. The van der Waals surface area contributed by atoms with E-state index in [4.69, 9.17) is 17.0 Å². The second kappa shape index (κ2) is 11.5. The summed E-state index contributed by atoms with van der Waals surface area (Å²) in [5.74, 6) is 0.575. The second-order valence-corrected chi connectivity index (χ2v) is 13.5. The van der Waals surface area contributed by atoms with E-state index in [9.17, 15) is 14.4 Å². The van der Waals surface area contributed by atoms with Gasteiger partial charge >= 0.3 is 5.97 Å². The lowest BCUT2D eigenvalue weighted by atomic mass is 9.83. The maximum Gasteiger partial charge on any atom is 0.341 e. The van der Waals surface area contributed by atoms with Crippen molar-refractivity contribution in [2.75, 3.05) is 31.3 Å². The number of thiocarbonyl (C=S) groups is 1. The Morgan fingerprint density at radius 1 is 1.10 bits per heavy atom. The summed E-state index contributed by atoms with van der Waals surface area (Å²) in [5, 5.41) is 3.56. The minimum Gasteiger partial charge on any atom is -0.465 e. The highest BCUT2D eigenvalue weighted by Crippen LogP contribution is 2.43. The number of thioether (sulfide) groups is 1. The zero-order valence-electron chi connectivity index (χ0n) is 22.3. The van der Waals surface area contributed by atoms with Gasteiger partial charge in [0.05, 0.1) is 18.4 Å². The van der Waals surface area contributed by atoms with Crippen molar-refractivity contribution in [1.82, 2.24) is 9.47 Å². The van der Waals surface area contributed by atoms with Crippen LogP contribution in [0.1, 0.15) is 56.7 Å². The van der Waals surface area contributed by atoms with E-state index in [1.807, 2.05) is 22.8 Å². The third-order valence-corrected chi connectivity index (χ3v) is 10.9.